The molecule has 0 aromatic heterocycles. The Hall–Kier alpha value is -1.31. The summed E-state index contributed by atoms with van der Waals surface area (Å²) in [6.07, 6.45) is 4.14. The minimum absolute atomic E-state index is 0.0495. The molecule has 17 heavy (non-hydrogen) atoms. The first kappa shape index (κ1) is 12.2. The molecule has 0 spiro atoms. The Morgan fingerprint density at radius 2 is 2.12 bits per heavy atom. The third-order valence-corrected chi connectivity index (χ3v) is 3.97. The summed E-state index contributed by atoms with van der Waals surface area (Å²) in [5.74, 6) is 0.0495. The van der Waals surface area contributed by atoms with Crippen LogP contribution in [0.2, 0.25) is 5.02 Å². The van der Waals surface area contributed by atoms with Crippen LogP contribution in [-0.2, 0) is 10.3 Å². The van der Waals surface area contributed by atoms with Crippen molar-refractivity contribution in [2.75, 3.05) is 0 Å². The van der Waals surface area contributed by atoms with Crippen LogP contribution in [-0.4, -0.2) is 11.2 Å². The highest BCUT2D eigenvalue weighted by Crippen LogP contribution is 2.51. The van der Waals surface area contributed by atoms with Crippen LogP contribution >= 0.6 is 11.6 Å². The zero-order valence-electron chi connectivity index (χ0n) is 9.88. The fraction of sp³-hybridized carbons (Fsp3) is 0.462. The number of phenols is 1. The Bertz CT molecular complexity index is 488. The highest BCUT2D eigenvalue weighted by atomic mass is 35.5. The van der Waals surface area contributed by atoms with Crippen molar-refractivity contribution in [3.63, 3.8) is 0 Å². The molecule has 1 aromatic rings. The Morgan fingerprint density at radius 3 is 2.59 bits per heavy atom. The molecule has 1 aliphatic rings. The topological polar surface area (TPSA) is 49.7 Å². The highest BCUT2D eigenvalue weighted by Gasteiger charge is 2.42. The van der Waals surface area contributed by atoms with Gasteiger partial charge >= 0.3 is 0 Å². The molecule has 0 unspecified atom stereocenters. The van der Waals surface area contributed by atoms with Gasteiger partial charge in [0.1, 0.15) is 11.3 Å². The van der Waals surface area contributed by atoms with Crippen LogP contribution in [0.15, 0.2) is 11.1 Å². The van der Waals surface area contributed by atoms with Crippen molar-refractivity contribution in [2.45, 2.75) is 38.6 Å². The lowest BCUT2D eigenvalue weighted by Crippen LogP contribution is -2.33. The number of aryl methyl sites for hydroxylation is 1. The maximum atomic E-state index is 10.6. The lowest BCUT2D eigenvalue weighted by Gasteiger charge is -2.39. The van der Waals surface area contributed by atoms with Gasteiger partial charge in [-0.15, -0.1) is 0 Å². The SMILES string of the molecule is Cc1cc(Cl)c(O)c(C2(N=C=O)CCC2)c1C. The van der Waals surface area contributed by atoms with Crippen molar-refractivity contribution in [1.29, 1.82) is 0 Å². The molecule has 0 amide bonds. The molecular formula is C13H14ClNO2. The van der Waals surface area contributed by atoms with E-state index in [0.717, 1.165) is 30.4 Å². The third-order valence-electron chi connectivity index (χ3n) is 3.68. The van der Waals surface area contributed by atoms with Gasteiger partial charge < -0.3 is 5.11 Å². The number of benzene rings is 1. The van der Waals surface area contributed by atoms with Gasteiger partial charge in [0.15, 0.2) is 0 Å². The van der Waals surface area contributed by atoms with E-state index in [9.17, 15) is 9.90 Å². The second kappa shape index (κ2) is 4.17. The van der Waals surface area contributed by atoms with Crippen LogP contribution in [0.5, 0.6) is 5.75 Å². The van der Waals surface area contributed by atoms with Crippen LogP contribution in [0.25, 0.3) is 0 Å². The lowest BCUT2D eigenvalue weighted by atomic mass is 9.70. The average Bonchev–Trinajstić information content (AvgIpc) is 2.23. The van der Waals surface area contributed by atoms with Crippen molar-refractivity contribution in [3.05, 3.63) is 27.8 Å². The fourth-order valence-electron chi connectivity index (χ4n) is 2.45. The zero-order valence-corrected chi connectivity index (χ0v) is 10.6. The van der Waals surface area contributed by atoms with E-state index in [2.05, 4.69) is 4.99 Å². The van der Waals surface area contributed by atoms with Gasteiger partial charge in [-0.1, -0.05) is 11.6 Å². The number of halogens is 1. The van der Waals surface area contributed by atoms with E-state index < -0.39 is 5.54 Å². The summed E-state index contributed by atoms with van der Waals surface area (Å²) in [4.78, 5) is 14.5. The Kier molecular flexibility index (Phi) is 2.98. The monoisotopic (exact) mass is 251 g/mol. The second-order valence-electron chi connectivity index (χ2n) is 4.61. The number of hydrogen-bond acceptors (Lipinski definition) is 3. The summed E-state index contributed by atoms with van der Waals surface area (Å²) in [5.41, 5.74) is 2.03. The molecule has 1 aromatic carbocycles. The van der Waals surface area contributed by atoms with Gasteiger partial charge in [0.25, 0.3) is 0 Å². The molecule has 0 bridgehead atoms. The summed E-state index contributed by atoms with van der Waals surface area (Å²) in [6.45, 7) is 3.85. The minimum Gasteiger partial charge on any atom is -0.506 e. The molecule has 1 N–H and O–H groups in total. The molecule has 1 aliphatic carbocycles. The maximum absolute atomic E-state index is 10.6. The van der Waals surface area contributed by atoms with E-state index in [-0.39, 0.29) is 5.75 Å². The summed E-state index contributed by atoms with van der Waals surface area (Å²) < 4.78 is 0. The first-order valence-electron chi connectivity index (χ1n) is 5.60. The summed E-state index contributed by atoms with van der Waals surface area (Å²) >= 11 is 5.99. The van der Waals surface area contributed by atoms with Crippen molar-refractivity contribution in [2.24, 2.45) is 4.99 Å². The number of rotatable bonds is 2. The van der Waals surface area contributed by atoms with Crippen LogP contribution in [0, 0.1) is 13.8 Å². The Balaban J connectivity index is 2.69. The number of carbonyl (C=O) groups excluding carboxylic acids is 1. The van der Waals surface area contributed by atoms with Gasteiger partial charge in [0, 0.05) is 5.56 Å². The van der Waals surface area contributed by atoms with Crippen molar-refractivity contribution < 1.29 is 9.90 Å². The normalized spacial score (nSPS) is 17.1. The smallest absolute Gasteiger partial charge is 0.235 e. The third kappa shape index (κ3) is 1.76. The molecule has 1 fully saturated rings. The molecule has 0 aliphatic heterocycles. The number of aromatic hydroxyl groups is 1. The summed E-state index contributed by atoms with van der Waals surface area (Å²) in [5, 5.41) is 10.4. The maximum Gasteiger partial charge on any atom is 0.235 e. The lowest BCUT2D eigenvalue weighted by molar-refractivity contribution is 0.246. The van der Waals surface area contributed by atoms with E-state index in [1.807, 2.05) is 13.8 Å². The molecule has 2 rings (SSSR count). The molecular weight excluding hydrogens is 238 g/mol. The summed E-state index contributed by atoms with van der Waals surface area (Å²) in [7, 11) is 0. The standard InChI is InChI=1S/C13H14ClNO2/c1-8-6-10(14)12(17)11(9(8)2)13(15-7-16)4-3-5-13/h6,17H,3-5H2,1-2H3. The van der Waals surface area contributed by atoms with Crippen LogP contribution < -0.4 is 0 Å². The van der Waals surface area contributed by atoms with Crippen molar-refractivity contribution in [3.8, 4) is 5.75 Å². The molecule has 0 atom stereocenters. The quantitative estimate of drug-likeness (QED) is 0.647. The number of hydrogen-bond donors (Lipinski definition) is 1. The highest BCUT2D eigenvalue weighted by molar-refractivity contribution is 6.32. The van der Waals surface area contributed by atoms with Crippen molar-refractivity contribution in [1.82, 2.24) is 0 Å². The Morgan fingerprint density at radius 1 is 1.47 bits per heavy atom. The first-order chi connectivity index (χ1) is 8.02. The van der Waals surface area contributed by atoms with Gasteiger partial charge in [0.2, 0.25) is 6.08 Å². The van der Waals surface area contributed by atoms with E-state index in [4.69, 9.17) is 11.6 Å². The largest absolute Gasteiger partial charge is 0.506 e. The number of isocyanates is 1. The first-order valence-corrected chi connectivity index (χ1v) is 5.98. The fourth-order valence-corrected chi connectivity index (χ4v) is 2.71. The van der Waals surface area contributed by atoms with Crippen LogP contribution in [0.1, 0.15) is 36.0 Å². The number of aliphatic imine (C=N–C) groups is 1. The Labute approximate surface area is 105 Å². The van der Waals surface area contributed by atoms with E-state index in [1.165, 1.54) is 0 Å². The molecule has 0 saturated heterocycles. The van der Waals surface area contributed by atoms with Gasteiger partial charge in [-0.3, -0.25) is 0 Å². The average molecular weight is 252 g/mol. The molecule has 0 heterocycles. The predicted molar refractivity (Wildman–Crippen MR) is 66.2 cm³/mol. The summed E-state index contributed by atoms with van der Waals surface area (Å²) in [6, 6.07) is 1.73. The van der Waals surface area contributed by atoms with Gasteiger partial charge in [-0.2, -0.15) is 4.99 Å². The van der Waals surface area contributed by atoms with Gasteiger partial charge in [0.05, 0.1) is 5.02 Å². The molecule has 90 valence electrons. The van der Waals surface area contributed by atoms with E-state index in [0.29, 0.717) is 10.6 Å². The zero-order chi connectivity index (χ0) is 12.6. The van der Waals surface area contributed by atoms with Gasteiger partial charge in [-0.25, -0.2) is 4.79 Å². The van der Waals surface area contributed by atoms with E-state index >= 15 is 0 Å². The molecule has 4 heteroatoms. The van der Waals surface area contributed by atoms with Crippen molar-refractivity contribution >= 4 is 17.7 Å². The van der Waals surface area contributed by atoms with E-state index in [1.54, 1.807) is 12.1 Å². The second-order valence-corrected chi connectivity index (χ2v) is 5.02. The minimum atomic E-state index is -0.606. The van der Waals surface area contributed by atoms with Crippen LogP contribution in [0.3, 0.4) is 0 Å². The predicted octanol–water partition coefficient (Wildman–Crippen LogP) is 3.38. The number of nitrogens with zero attached hydrogens (tertiary/aromatic N) is 1. The molecule has 3 nitrogen and oxygen atoms in total. The molecule has 1 saturated carbocycles. The van der Waals surface area contributed by atoms with Crippen LogP contribution in [0.4, 0.5) is 0 Å². The molecule has 0 radical (unpaired) electrons. The number of phenolic OH excluding ortho intramolecular Hbond substituents is 1. The van der Waals surface area contributed by atoms with Gasteiger partial charge in [-0.05, 0) is 50.3 Å².